The minimum Gasteiger partial charge on any atom is -0.494 e. The van der Waals surface area contributed by atoms with Crippen molar-refractivity contribution in [1.29, 1.82) is 0 Å². The molecule has 80 valence electrons. The molecule has 3 heteroatoms. The lowest BCUT2D eigenvalue weighted by atomic mass is 10.2. The summed E-state index contributed by atoms with van der Waals surface area (Å²) in [5.41, 5.74) is 1.69. The first-order chi connectivity index (χ1) is 7.20. The van der Waals surface area contributed by atoms with E-state index >= 15 is 0 Å². The Morgan fingerprint density at radius 2 is 2.20 bits per heavy atom. The molecular weight excluding hydrogens is 190 g/mol. The van der Waals surface area contributed by atoms with Crippen LogP contribution in [0.5, 0.6) is 5.75 Å². The predicted molar refractivity (Wildman–Crippen MR) is 59.3 cm³/mol. The predicted octanol–water partition coefficient (Wildman–Crippen LogP) is 3.35. The van der Waals surface area contributed by atoms with Gasteiger partial charge < -0.3 is 9.15 Å². The van der Waals surface area contributed by atoms with Crippen molar-refractivity contribution >= 4 is 11.1 Å². The maximum Gasteiger partial charge on any atom is 0.198 e. The van der Waals surface area contributed by atoms with Crippen molar-refractivity contribution in [1.82, 2.24) is 4.98 Å². The van der Waals surface area contributed by atoms with E-state index in [2.05, 4.69) is 18.8 Å². The van der Waals surface area contributed by atoms with Crippen LogP contribution in [0.1, 0.15) is 32.6 Å². The van der Waals surface area contributed by atoms with Crippen molar-refractivity contribution in [2.45, 2.75) is 26.7 Å². The smallest absolute Gasteiger partial charge is 0.198 e. The second-order valence-electron chi connectivity index (χ2n) is 3.77. The molecule has 1 aromatic heterocycles. The fourth-order valence-electron chi connectivity index (χ4n) is 1.43. The molecule has 1 heterocycles. The van der Waals surface area contributed by atoms with Crippen LogP contribution in [0.2, 0.25) is 0 Å². The number of hydrogen-bond donors (Lipinski definition) is 0. The molecule has 0 fully saturated rings. The fourth-order valence-corrected chi connectivity index (χ4v) is 1.43. The van der Waals surface area contributed by atoms with Crippen molar-refractivity contribution in [3.05, 3.63) is 24.1 Å². The van der Waals surface area contributed by atoms with Crippen LogP contribution >= 0.6 is 0 Å². The van der Waals surface area contributed by atoms with Crippen molar-refractivity contribution in [2.24, 2.45) is 0 Å². The maximum atomic E-state index is 5.60. The molecule has 1 aromatic carbocycles. The molecule has 0 aliphatic rings. The Morgan fingerprint density at radius 3 is 2.87 bits per heavy atom. The summed E-state index contributed by atoms with van der Waals surface area (Å²) in [6, 6.07) is 5.72. The summed E-state index contributed by atoms with van der Waals surface area (Å²) in [7, 11) is 0. The highest BCUT2D eigenvalue weighted by molar-refractivity contribution is 5.74. The minimum atomic E-state index is 0.313. The van der Waals surface area contributed by atoms with Gasteiger partial charge in [0.25, 0.3) is 0 Å². The summed E-state index contributed by atoms with van der Waals surface area (Å²) in [6.07, 6.45) is 0. The molecule has 0 bridgehead atoms. The van der Waals surface area contributed by atoms with Gasteiger partial charge in [0, 0.05) is 12.0 Å². The lowest BCUT2D eigenvalue weighted by Gasteiger charge is -2.00. The largest absolute Gasteiger partial charge is 0.494 e. The highest BCUT2D eigenvalue weighted by Gasteiger charge is 2.09. The van der Waals surface area contributed by atoms with E-state index < -0.39 is 0 Å². The van der Waals surface area contributed by atoms with Crippen LogP contribution in [0.15, 0.2) is 22.6 Å². The zero-order valence-corrected chi connectivity index (χ0v) is 9.28. The summed E-state index contributed by atoms with van der Waals surface area (Å²) in [4.78, 5) is 4.41. The van der Waals surface area contributed by atoms with Gasteiger partial charge in [0.1, 0.15) is 11.3 Å². The highest BCUT2D eigenvalue weighted by atomic mass is 16.5. The van der Waals surface area contributed by atoms with Crippen LogP contribution in [0.4, 0.5) is 0 Å². The first-order valence-electron chi connectivity index (χ1n) is 5.24. The summed E-state index contributed by atoms with van der Waals surface area (Å²) in [5, 5.41) is 0. The van der Waals surface area contributed by atoms with Crippen LogP contribution in [0.3, 0.4) is 0 Å². The third-order valence-corrected chi connectivity index (χ3v) is 2.18. The minimum absolute atomic E-state index is 0.313. The molecule has 0 saturated carbocycles. The first-order valence-corrected chi connectivity index (χ1v) is 5.24. The summed E-state index contributed by atoms with van der Waals surface area (Å²) < 4.78 is 11.0. The average Bonchev–Trinajstić information content (AvgIpc) is 2.61. The number of aromatic nitrogens is 1. The van der Waals surface area contributed by atoms with Crippen molar-refractivity contribution in [3.8, 4) is 5.75 Å². The molecule has 0 N–H and O–H groups in total. The van der Waals surface area contributed by atoms with Crippen molar-refractivity contribution < 1.29 is 9.15 Å². The third kappa shape index (κ3) is 1.96. The normalized spacial score (nSPS) is 11.2. The van der Waals surface area contributed by atoms with E-state index in [1.807, 2.05) is 25.1 Å². The SMILES string of the molecule is CCOc1ccc2oc(C(C)C)nc2c1. The molecule has 15 heavy (non-hydrogen) atoms. The molecular formula is C12H15NO2. The molecule has 0 aliphatic heterocycles. The van der Waals surface area contributed by atoms with Crippen LogP contribution in [0.25, 0.3) is 11.1 Å². The van der Waals surface area contributed by atoms with E-state index in [4.69, 9.17) is 9.15 Å². The van der Waals surface area contributed by atoms with Gasteiger partial charge in [-0.3, -0.25) is 0 Å². The summed E-state index contributed by atoms with van der Waals surface area (Å²) >= 11 is 0. The second-order valence-corrected chi connectivity index (χ2v) is 3.77. The summed E-state index contributed by atoms with van der Waals surface area (Å²) in [5.74, 6) is 1.93. The number of rotatable bonds is 3. The lowest BCUT2D eigenvalue weighted by molar-refractivity contribution is 0.340. The Bertz CT molecular complexity index is 460. The average molecular weight is 205 g/mol. The van der Waals surface area contributed by atoms with Gasteiger partial charge in [-0.25, -0.2) is 4.98 Å². The van der Waals surface area contributed by atoms with Gasteiger partial charge in [0.15, 0.2) is 11.5 Å². The molecule has 0 saturated heterocycles. The lowest BCUT2D eigenvalue weighted by Crippen LogP contribution is -1.90. The van der Waals surface area contributed by atoms with Gasteiger partial charge in [-0.05, 0) is 19.1 Å². The van der Waals surface area contributed by atoms with Crippen LogP contribution < -0.4 is 4.74 Å². The molecule has 0 radical (unpaired) electrons. The van der Waals surface area contributed by atoms with Crippen LogP contribution in [0, 0.1) is 0 Å². The fraction of sp³-hybridized carbons (Fsp3) is 0.417. The zero-order valence-electron chi connectivity index (χ0n) is 9.28. The Balaban J connectivity index is 2.43. The molecule has 0 atom stereocenters. The number of benzene rings is 1. The first kappa shape index (κ1) is 10.0. The van der Waals surface area contributed by atoms with Crippen molar-refractivity contribution in [2.75, 3.05) is 6.61 Å². The molecule has 0 amide bonds. The number of fused-ring (bicyclic) bond motifs is 1. The molecule has 0 aliphatic carbocycles. The van der Waals surface area contributed by atoms with E-state index in [1.54, 1.807) is 0 Å². The highest BCUT2D eigenvalue weighted by Crippen LogP contribution is 2.24. The van der Waals surface area contributed by atoms with Gasteiger partial charge >= 0.3 is 0 Å². The van der Waals surface area contributed by atoms with Crippen LogP contribution in [-0.2, 0) is 0 Å². The number of nitrogens with zero attached hydrogens (tertiary/aromatic N) is 1. The van der Waals surface area contributed by atoms with E-state index in [9.17, 15) is 0 Å². The Morgan fingerprint density at radius 1 is 1.40 bits per heavy atom. The van der Waals surface area contributed by atoms with E-state index in [-0.39, 0.29) is 0 Å². The number of oxazole rings is 1. The topological polar surface area (TPSA) is 35.3 Å². The molecule has 3 nitrogen and oxygen atoms in total. The quantitative estimate of drug-likeness (QED) is 0.770. The Labute approximate surface area is 89.1 Å². The van der Waals surface area contributed by atoms with E-state index in [1.165, 1.54) is 0 Å². The standard InChI is InChI=1S/C12H15NO2/c1-4-14-9-5-6-11-10(7-9)13-12(15-11)8(2)3/h5-8H,4H2,1-3H3. The zero-order chi connectivity index (χ0) is 10.8. The second kappa shape index (κ2) is 3.93. The third-order valence-electron chi connectivity index (χ3n) is 2.18. The number of ether oxygens (including phenoxy) is 1. The monoisotopic (exact) mass is 205 g/mol. The summed E-state index contributed by atoms with van der Waals surface area (Å²) in [6.45, 7) is 6.76. The molecule has 2 rings (SSSR count). The van der Waals surface area contributed by atoms with E-state index in [0.717, 1.165) is 22.7 Å². The van der Waals surface area contributed by atoms with Gasteiger partial charge in [0.05, 0.1) is 6.61 Å². The Hall–Kier alpha value is -1.51. The Kier molecular flexibility index (Phi) is 2.62. The molecule has 2 aromatic rings. The molecule has 0 spiro atoms. The van der Waals surface area contributed by atoms with Gasteiger partial charge in [-0.15, -0.1) is 0 Å². The van der Waals surface area contributed by atoms with E-state index in [0.29, 0.717) is 12.5 Å². The molecule has 0 unspecified atom stereocenters. The van der Waals surface area contributed by atoms with Crippen LogP contribution in [-0.4, -0.2) is 11.6 Å². The number of hydrogen-bond acceptors (Lipinski definition) is 3. The van der Waals surface area contributed by atoms with Crippen molar-refractivity contribution in [3.63, 3.8) is 0 Å². The van der Waals surface area contributed by atoms with Gasteiger partial charge in [-0.2, -0.15) is 0 Å². The maximum absolute atomic E-state index is 5.60. The van der Waals surface area contributed by atoms with Gasteiger partial charge in [0.2, 0.25) is 0 Å². The van der Waals surface area contributed by atoms with Gasteiger partial charge in [-0.1, -0.05) is 13.8 Å².